The smallest absolute Gasteiger partial charge is 0.347 e. The molecule has 576 valence electrons. The highest BCUT2D eigenvalue weighted by Gasteiger charge is 2.41. The topological polar surface area (TPSA) is 223 Å². The normalized spacial score (nSPS) is 12.5. The van der Waals surface area contributed by atoms with Crippen LogP contribution in [0.3, 0.4) is 0 Å². The molecule has 3 heterocycles. The molecule has 0 unspecified atom stereocenters. The largest absolute Gasteiger partial charge is 0.543 e. The van der Waals surface area contributed by atoms with Gasteiger partial charge in [0.15, 0.2) is 5.82 Å². The zero-order valence-corrected chi connectivity index (χ0v) is 66.8. The predicted molar refractivity (Wildman–Crippen MR) is 425 cm³/mol. The monoisotopic (exact) mass is 1570 g/mol. The molecule has 11 rings (SSSR count). The van der Waals surface area contributed by atoms with Crippen LogP contribution in [0.2, 0.25) is 23.2 Å². The van der Waals surface area contributed by atoms with Gasteiger partial charge in [-0.3, -0.25) is 4.18 Å². The number of fused-ring (bicyclic) bond motifs is 1. The summed E-state index contributed by atoms with van der Waals surface area (Å²) < 4.78 is 124. The Balaban J connectivity index is 0.949. The van der Waals surface area contributed by atoms with Gasteiger partial charge in [0.2, 0.25) is 20.3 Å². The Bertz CT molecular complexity index is 4950. The fraction of sp³-hybridized carbons (Fsp3) is 0.306. The van der Waals surface area contributed by atoms with Crippen molar-refractivity contribution >= 4 is 57.6 Å². The molecule has 0 radical (unpaired) electrons. The Morgan fingerprint density at radius 1 is 0.645 bits per heavy atom. The highest BCUT2D eigenvalue weighted by atomic mass is 35.5. The van der Waals surface area contributed by atoms with Crippen molar-refractivity contribution in [3.8, 4) is 73.3 Å². The van der Waals surface area contributed by atoms with E-state index in [0.717, 1.165) is 11.1 Å². The number of carbonyl (C=O) groups excluding carboxylic acids is 1. The first kappa shape index (κ1) is 81.1. The number of para-hydroxylation sites is 1. The molecule has 0 N–H and O–H groups in total. The van der Waals surface area contributed by atoms with Gasteiger partial charge in [-0.15, -0.1) is 11.3 Å². The van der Waals surface area contributed by atoms with E-state index < -0.39 is 54.6 Å². The van der Waals surface area contributed by atoms with E-state index in [9.17, 15) is 17.6 Å². The van der Waals surface area contributed by atoms with Crippen LogP contribution in [0.15, 0.2) is 205 Å². The zero-order chi connectivity index (χ0) is 78.0. The molecular weight excluding hydrogens is 1480 g/mol. The average molecular weight is 1570 g/mol. The lowest BCUT2D eigenvalue weighted by molar-refractivity contribution is -0.151. The lowest BCUT2D eigenvalue weighted by Crippen LogP contribution is -2.43. The molecule has 0 bridgehead atoms. The van der Waals surface area contributed by atoms with E-state index in [0.29, 0.717) is 133 Å². The summed E-state index contributed by atoms with van der Waals surface area (Å²) in [5, 5.41) is 0.369. The number of ether oxygens (including phenoxy) is 11. The first-order chi connectivity index (χ1) is 53.0. The molecule has 20 nitrogen and oxygen atoms in total. The van der Waals surface area contributed by atoms with E-state index in [-0.39, 0.29) is 59.4 Å². The van der Waals surface area contributed by atoms with Crippen LogP contribution >= 0.6 is 22.9 Å². The molecule has 2 atom stereocenters. The van der Waals surface area contributed by atoms with Crippen LogP contribution in [0.1, 0.15) is 66.8 Å². The van der Waals surface area contributed by atoms with Gasteiger partial charge >= 0.3 is 5.97 Å². The number of benzene rings is 8. The third-order valence-corrected chi connectivity index (χ3v) is 26.0. The first-order valence-electron chi connectivity index (χ1n) is 35.9. The van der Waals surface area contributed by atoms with Crippen LogP contribution in [0, 0.1) is 19.7 Å². The highest BCUT2D eigenvalue weighted by molar-refractivity contribution is 7.86. The van der Waals surface area contributed by atoms with Crippen molar-refractivity contribution in [2.24, 2.45) is 0 Å². The number of halogens is 2. The molecule has 0 spiro atoms. The number of esters is 1. The summed E-state index contributed by atoms with van der Waals surface area (Å²) in [6, 6.07) is 55.3. The maximum absolute atomic E-state index is 15.0. The maximum atomic E-state index is 15.0. The van der Waals surface area contributed by atoms with E-state index in [4.69, 9.17) is 87.3 Å². The number of rotatable bonds is 38. The lowest BCUT2D eigenvalue weighted by Gasteiger charge is -2.37. The minimum absolute atomic E-state index is 0.00975. The molecule has 3 aromatic heterocycles. The molecule has 0 saturated carbocycles. The summed E-state index contributed by atoms with van der Waals surface area (Å²) in [7, 11) is -2.03. The summed E-state index contributed by atoms with van der Waals surface area (Å²) in [5.41, 5.74) is 5.65. The SMILES string of the molecule is CCOC(=O)[C@@H](Cc1cc(O[Si](C)(C)C(C)(C)C)ccc1OCc1ccnc(-c2ccccc2OCCOCCOCCOC)n1)Oc1ncnc2sc(-c3ccc(F)cc3)c(-c3ccc(O[C@H](COC(c4ccccc4)(c4ccc(OC)cc4)c4ccc(OC)cc4)COS(=O)(=O)c4ccc(C)cc4)c(Cl)c3C)c12. The van der Waals surface area contributed by atoms with Gasteiger partial charge in [-0.05, 0) is 163 Å². The van der Waals surface area contributed by atoms with Crippen molar-refractivity contribution in [3.63, 3.8) is 0 Å². The standard InChI is InChI=1S/C85H90ClFN4O16S2Si/c1-12-100-83(92)75(51-59-50-67(107-110(10,11)84(4,5)6)36-40-72(59)102-52-64-42-43-88-80(91-64)71-20-16-17-21-73(71)101-49-48-99-47-46-98-45-44-95-7)106-81-77-76(79(108-82(77)90-55-89-81)58-24-30-63(87)31-25-58)70-39-41-74(78(86)57(70)3)105-68(54-104-109(93,94)69-37-22-56(2)23-38-69)53-103-85(60-18-14-13-15-19-60,61-26-32-65(96-8)33-27-61)62-28-34-66(97-9)35-29-62/h13-43,50,55,68,75H,12,44-49,51-54H2,1-11H3/t68-,75-/m1/s1. The molecule has 0 aliphatic rings. The van der Waals surface area contributed by atoms with Crippen molar-refractivity contribution < 1.29 is 78.3 Å². The Labute approximate surface area is 651 Å². The van der Waals surface area contributed by atoms with Gasteiger partial charge in [-0.1, -0.05) is 135 Å². The minimum Gasteiger partial charge on any atom is -0.543 e. The van der Waals surface area contributed by atoms with Gasteiger partial charge in [0, 0.05) is 35.7 Å². The molecule has 0 fully saturated rings. The fourth-order valence-corrected chi connectivity index (χ4v) is 15.2. The number of methoxy groups -OCH3 is 3. The van der Waals surface area contributed by atoms with Crippen molar-refractivity contribution in [2.75, 3.05) is 80.8 Å². The average Bonchev–Trinajstić information content (AvgIpc) is 1.47. The van der Waals surface area contributed by atoms with Gasteiger partial charge in [0.25, 0.3) is 10.1 Å². The summed E-state index contributed by atoms with van der Waals surface area (Å²) in [5.74, 6) is 2.22. The fourth-order valence-electron chi connectivity index (χ4n) is 11.9. The van der Waals surface area contributed by atoms with E-state index in [1.807, 2.05) is 141 Å². The molecule has 25 heteroatoms. The van der Waals surface area contributed by atoms with Crippen molar-refractivity contribution in [1.82, 2.24) is 19.9 Å². The zero-order valence-electron chi connectivity index (χ0n) is 63.4. The quantitative estimate of drug-likeness (QED) is 0.0115. The van der Waals surface area contributed by atoms with Crippen LogP contribution < -0.4 is 32.8 Å². The maximum Gasteiger partial charge on any atom is 0.347 e. The highest BCUT2D eigenvalue weighted by Crippen LogP contribution is 2.51. The number of carbonyl (C=O) groups is 1. The van der Waals surface area contributed by atoms with E-state index >= 15 is 0 Å². The first-order valence-corrected chi connectivity index (χ1v) is 41.4. The summed E-state index contributed by atoms with van der Waals surface area (Å²) in [4.78, 5) is 34.9. The second kappa shape index (κ2) is 37.2. The second-order valence-corrected chi connectivity index (χ2v) is 35.0. The number of nitrogens with zero attached hydrogens (tertiary/aromatic N) is 4. The predicted octanol–water partition coefficient (Wildman–Crippen LogP) is 17.6. The molecule has 11 aromatic rings. The molecule has 110 heavy (non-hydrogen) atoms. The molecule has 0 amide bonds. The Hall–Kier alpha value is -9.86. The van der Waals surface area contributed by atoms with Gasteiger partial charge < -0.3 is 56.5 Å². The van der Waals surface area contributed by atoms with Gasteiger partial charge in [-0.25, -0.2) is 29.1 Å². The molecular formula is C85H90ClFN4O16S2Si. The van der Waals surface area contributed by atoms with Gasteiger partial charge in [-0.2, -0.15) is 8.42 Å². The van der Waals surface area contributed by atoms with Crippen molar-refractivity contribution in [2.45, 2.75) is 95.4 Å². The van der Waals surface area contributed by atoms with Crippen LogP contribution in [-0.2, 0) is 61.4 Å². The lowest BCUT2D eigenvalue weighted by atomic mass is 9.80. The van der Waals surface area contributed by atoms with Gasteiger partial charge in [0.05, 0.1) is 87.0 Å². The van der Waals surface area contributed by atoms with Crippen LogP contribution in [0.4, 0.5) is 4.39 Å². The number of hydrogen-bond acceptors (Lipinski definition) is 21. The second-order valence-electron chi connectivity index (χ2n) is 27.2. The number of thiophene rings is 1. The number of hydrogen-bond donors (Lipinski definition) is 0. The van der Waals surface area contributed by atoms with E-state index in [2.05, 4.69) is 38.8 Å². The molecule has 0 saturated heterocycles. The van der Waals surface area contributed by atoms with Crippen molar-refractivity contribution in [3.05, 3.63) is 250 Å². The summed E-state index contributed by atoms with van der Waals surface area (Å²) >= 11 is 8.94. The number of aromatic nitrogens is 4. The van der Waals surface area contributed by atoms with E-state index in [1.54, 1.807) is 70.8 Å². The Kier molecular flexibility index (Phi) is 27.5. The molecule has 0 aliphatic carbocycles. The van der Waals surface area contributed by atoms with Crippen LogP contribution in [0.25, 0.3) is 43.2 Å². The Morgan fingerprint density at radius 3 is 1.95 bits per heavy atom. The van der Waals surface area contributed by atoms with Crippen LogP contribution in [-0.4, -0.2) is 136 Å². The minimum atomic E-state index is -4.38. The van der Waals surface area contributed by atoms with Crippen molar-refractivity contribution in [1.29, 1.82) is 0 Å². The number of aryl methyl sites for hydroxylation is 1. The molecule has 8 aromatic carbocycles. The molecule has 0 aliphatic heterocycles. The summed E-state index contributed by atoms with van der Waals surface area (Å²) in [6.45, 7) is 17.8. The Morgan fingerprint density at radius 2 is 1.28 bits per heavy atom. The van der Waals surface area contributed by atoms with E-state index in [1.165, 1.54) is 41.9 Å². The third kappa shape index (κ3) is 19.8. The summed E-state index contributed by atoms with van der Waals surface area (Å²) in [6.07, 6.45) is 0.363. The third-order valence-electron chi connectivity index (χ3n) is 18.8. The van der Waals surface area contributed by atoms with Crippen LogP contribution in [0.5, 0.6) is 40.4 Å². The van der Waals surface area contributed by atoms with Gasteiger partial charge in [0.1, 0.15) is 83.0 Å².